The summed E-state index contributed by atoms with van der Waals surface area (Å²) in [5, 5.41) is 0. The minimum absolute atomic E-state index is 0.518. The molecule has 0 heterocycles. The van der Waals surface area contributed by atoms with Crippen molar-refractivity contribution in [1.29, 1.82) is 0 Å². The van der Waals surface area contributed by atoms with E-state index in [1.165, 1.54) is 44.9 Å². The molecular formula is C14H20O. The lowest BCUT2D eigenvalue weighted by Crippen LogP contribution is -2.54. The maximum absolute atomic E-state index is 12.0. The Hall–Kier alpha value is -0.330. The van der Waals surface area contributed by atoms with Crippen molar-refractivity contribution in [3.05, 3.63) is 0 Å². The van der Waals surface area contributed by atoms with Crippen molar-refractivity contribution >= 4 is 5.78 Å². The Morgan fingerprint density at radius 3 is 2.87 bits per heavy atom. The lowest BCUT2D eigenvalue weighted by molar-refractivity contribution is -0.150. The van der Waals surface area contributed by atoms with Gasteiger partial charge in [-0.1, -0.05) is 12.8 Å². The summed E-state index contributed by atoms with van der Waals surface area (Å²) in [6.45, 7) is 0. The number of ketones is 1. The van der Waals surface area contributed by atoms with Gasteiger partial charge in [0, 0.05) is 12.3 Å². The molecule has 1 nitrogen and oxygen atoms in total. The lowest BCUT2D eigenvalue weighted by Gasteiger charge is -2.56. The maximum atomic E-state index is 12.0. The zero-order valence-electron chi connectivity index (χ0n) is 9.37. The number of fused-ring (bicyclic) bond motifs is 1. The van der Waals surface area contributed by atoms with E-state index < -0.39 is 0 Å². The minimum Gasteiger partial charge on any atom is -0.299 e. The van der Waals surface area contributed by atoms with Gasteiger partial charge >= 0.3 is 0 Å². The molecule has 0 N–H and O–H groups in total. The Kier molecular flexibility index (Phi) is 1.56. The van der Waals surface area contributed by atoms with Crippen molar-refractivity contribution in [3.8, 4) is 0 Å². The largest absolute Gasteiger partial charge is 0.299 e. The molecule has 0 amide bonds. The molecule has 1 spiro atoms. The van der Waals surface area contributed by atoms with Crippen LogP contribution in [-0.2, 0) is 4.79 Å². The van der Waals surface area contributed by atoms with E-state index in [4.69, 9.17) is 0 Å². The highest BCUT2D eigenvalue weighted by atomic mass is 16.1. The smallest absolute Gasteiger partial charge is 0.136 e. The van der Waals surface area contributed by atoms with Gasteiger partial charge in [0.15, 0.2) is 0 Å². The van der Waals surface area contributed by atoms with Crippen LogP contribution in [-0.4, -0.2) is 5.78 Å². The molecule has 0 aromatic carbocycles. The van der Waals surface area contributed by atoms with Crippen LogP contribution in [0.3, 0.4) is 0 Å². The van der Waals surface area contributed by atoms with Gasteiger partial charge in [0.25, 0.3) is 0 Å². The van der Waals surface area contributed by atoms with E-state index in [2.05, 4.69) is 0 Å². The van der Waals surface area contributed by atoms with Gasteiger partial charge in [0.05, 0.1) is 0 Å². The van der Waals surface area contributed by atoms with Crippen LogP contribution in [0.5, 0.6) is 0 Å². The number of hydrogen-bond acceptors (Lipinski definition) is 1. The fraction of sp³-hybridized carbons (Fsp3) is 0.929. The second-order valence-electron chi connectivity index (χ2n) is 6.44. The molecule has 4 fully saturated rings. The molecule has 4 saturated carbocycles. The third-order valence-electron chi connectivity index (χ3n) is 6.34. The standard InChI is InChI=1S/C14H20O/c15-13-5-4-10-8-9-2-1-3-11(9)14(10)7-6-12(13)14/h9-12H,1-8H2/t9-,10+,11-,12-,14+/m1/s1. The molecule has 4 aliphatic rings. The Morgan fingerprint density at radius 2 is 2.07 bits per heavy atom. The molecule has 4 aliphatic carbocycles. The molecule has 0 radical (unpaired) electrons. The summed E-state index contributed by atoms with van der Waals surface area (Å²) in [5.74, 6) is 4.08. The van der Waals surface area contributed by atoms with Gasteiger partial charge < -0.3 is 0 Å². The number of rotatable bonds is 0. The van der Waals surface area contributed by atoms with Gasteiger partial charge in [-0.3, -0.25) is 4.79 Å². The van der Waals surface area contributed by atoms with Crippen LogP contribution in [0, 0.1) is 29.1 Å². The minimum atomic E-state index is 0.518. The third kappa shape index (κ3) is 0.855. The first-order valence-electron chi connectivity index (χ1n) is 6.85. The molecule has 4 rings (SSSR count). The van der Waals surface area contributed by atoms with Crippen molar-refractivity contribution in [1.82, 2.24) is 0 Å². The fourth-order valence-electron chi connectivity index (χ4n) is 5.81. The average molecular weight is 204 g/mol. The highest BCUT2D eigenvalue weighted by Gasteiger charge is 2.66. The molecule has 0 saturated heterocycles. The van der Waals surface area contributed by atoms with Gasteiger partial charge in [-0.05, 0) is 55.3 Å². The average Bonchev–Trinajstić information content (AvgIpc) is 2.68. The van der Waals surface area contributed by atoms with Gasteiger partial charge in [-0.2, -0.15) is 0 Å². The summed E-state index contributed by atoms with van der Waals surface area (Å²) in [5.41, 5.74) is 0.552. The molecule has 5 atom stereocenters. The number of carbonyl (C=O) groups excluding carboxylic acids is 1. The Bertz CT molecular complexity index is 321. The first kappa shape index (κ1) is 8.78. The quantitative estimate of drug-likeness (QED) is 0.592. The zero-order valence-corrected chi connectivity index (χ0v) is 9.37. The van der Waals surface area contributed by atoms with E-state index >= 15 is 0 Å². The van der Waals surface area contributed by atoms with Crippen molar-refractivity contribution in [2.45, 2.75) is 51.4 Å². The molecule has 82 valence electrons. The van der Waals surface area contributed by atoms with Gasteiger partial charge in [-0.25, -0.2) is 0 Å². The molecule has 15 heavy (non-hydrogen) atoms. The molecule has 0 aromatic heterocycles. The van der Waals surface area contributed by atoms with Crippen molar-refractivity contribution < 1.29 is 4.79 Å². The summed E-state index contributed by atoms with van der Waals surface area (Å²) < 4.78 is 0. The fourth-order valence-corrected chi connectivity index (χ4v) is 5.81. The number of Topliss-reactive ketones (excluding diaryl/α,β-unsaturated/α-hetero) is 1. The van der Waals surface area contributed by atoms with E-state index in [0.717, 1.165) is 24.2 Å². The Morgan fingerprint density at radius 1 is 1.13 bits per heavy atom. The molecular weight excluding hydrogens is 184 g/mol. The first-order chi connectivity index (χ1) is 7.32. The normalized spacial score (nSPS) is 56.9. The van der Waals surface area contributed by atoms with Crippen molar-refractivity contribution in [3.63, 3.8) is 0 Å². The van der Waals surface area contributed by atoms with Gasteiger partial charge in [-0.15, -0.1) is 0 Å². The van der Waals surface area contributed by atoms with E-state index in [1.54, 1.807) is 0 Å². The Labute approximate surface area is 91.6 Å². The molecule has 0 aliphatic heterocycles. The predicted molar refractivity (Wildman–Crippen MR) is 58.3 cm³/mol. The highest BCUT2D eigenvalue weighted by Crippen LogP contribution is 2.71. The molecule has 0 bridgehead atoms. The number of hydrogen-bond donors (Lipinski definition) is 0. The van der Waals surface area contributed by atoms with Crippen LogP contribution in [0.1, 0.15) is 51.4 Å². The van der Waals surface area contributed by atoms with Crippen LogP contribution < -0.4 is 0 Å². The first-order valence-corrected chi connectivity index (χ1v) is 6.85. The zero-order chi connectivity index (χ0) is 10.0. The van der Waals surface area contributed by atoms with Crippen molar-refractivity contribution in [2.24, 2.45) is 29.1 Å². The van der Waals surface area contributed by atoms with Crippen LogP contribution in [0.15, 0.2) is 0 Å². The summed E-state index contributed by atoms with van der Waals surface area (Å²) in [6, 6.07) is 0. The summed E-state index contributed by atoms with van der Waals surface area (Å²) >= 11 is 0. The Balaban J connectivity index is 1.76. The second-order valence-corrected chi connectivity index (χ2v) is 6.44. The molecule has 0 aromatic rings. The summed E-state index contributed by atoms with van der Waals surface area (Å²) in [4.78, 5) is 12.0. The van der Waals surface area contributed by atoms with Crippen molar-refractivity contribution in [2.75, 3.05) is 0 Å². The van der Waals surface area contributed by atoms with E-state index in [-0.39, 0.29) is 0 Å². The van der Waals surface area contributed by atoms with Crippen LogP contribution in [0.2, 0.25) is 0 Å². The van der Waals surface area contributed by atoms with Gasteiger partial charge in [0.2, 0.25) is 0 Å². The number of carbonyl (C=O) groups is 1. The van der Waals surface area contributed by atoms with Gasteiger partial charge in [0.1, 0.15) is 5.78 Å². The third-order valence-corrected chi connectivity index (χ3v) is 6.34. The SMILES string of the molecule is O=C1CC[C@H]2C[C@H]3CCC[C@H]3[C@]23CC[C@H]13. The van der Waals surface area contributed by atoms with Crippen LogP contribution in [0.25, 0.3) is 0 Å². The topological polar surface area (TPSA) is 17.1 Å². The van der Waals surface area contributed by atoms with E-state index in [0.29, 0.717) is 17.1 Å². The monoisotopic (exact) mass is 204 g/mol. The predicted octanol–water partition coefficient (Wildman–Crippen LogP) is 3.18. The second kappa shape index (κ2) is 2.67. The highest BCUT2D eigenvalue weighted by molar-refractivity contribution is 5.84. The molecule has 1 heteroatoms. The lowest BCUT2D eigenvalue weighted by atomic mass is 9.47. The summed E-state index contributed by atoms with van der Waals surface area (Å²) in [6.07, 6.45) is 10.6. The van der Waals surface area contributed by atoms with Crippen LogP contribution in [0.4, 0.5) is 0 Å². The maximum Gasteiger partial charge on any atom is 0.136 e. The van der Waals surface area contributed by atoms with E-state index in [9.17, 15) is 4.79 Å². The van der Waals surface area contributed by atoms with E-state index in [1.807, 2.05) is 0 Å². The summed E-state index contributed by atoms with van der Waals surface area (Å²) in [7, 11) is 0. The molecule has 0 unspecified atom stereocenters. The van der Waals surface area contributed by atoms with Crippen LogP contribution >= 0.6 is 0 Å².